The van der Waals surface area contributed by atoms with Gasteiger partial charge in [-0.3, -0.25) is 0 Å². The van der Waals surface area contributed by atoms with Crippen LogP contribution in [-0.4, -0.2) is 52.7 Å². The zero-order chi connectivity index (χ0) is 16.3. The molecule has 0 aromatic heterocycles. The Kier molecular flexibility index (Phi) is 5.08. The monoisotopic (exact) mass is 340 g/mol. The first-order valence-electron chi connectivity index (χ1n) is 8.16. The van der Waals surface area contributed by atoms with Gasteiger partial charge in [-0.05, 0) is 44.0 Å². The summed E-state index contributed by atoms with van der Waals surface area (Å²) in [7, 11) is -3.53. The molecule has 23 heavy (non-hydrogen) atoms. The molecular formula is C16H24N2O4S. The molecule has 2 heterocycles. The third-order valence-electron chi connectivity index (χ3n) is 4.21. The van der Waals surface area contributed by atoms with Gasteiger partial charge in [0.2, 0.25) is 10.0 Å². The highest BCUT2D eigenvalue weighted by atomic mass is 32.2. The van der Waals surface area contributed by atoms with E-state index < -0.39 is 10.0 Å². The zero-order valence-electron chi connectivity index (χ0n) is 13.5. The van der Waals surface area contributed by atoms with Crippen molar-refractivity contribution in [3.05, 3.63) is 18.2 Å². The summed E-state index contributed by atoms with van der Waals surface area (Å²) in [6, 6.07) is 4.74. The fourth-order valence-corrected chi connectivity index (χ4v) is 4.18. The number of nitrogens with zero attached hydrogens (tertiary/aromatic N) is 1. The molecule has 2 aliphatic rings. The van der Waals surface area contributed by atoms with Gasteiger partial charge >= 0.3 is 0 Å². The second-order valence-corrected chi connectivity index (χ2v) is 8.04. The van der Waals surface area contributed by atoms with Gasteiger partial charge in [0, 0.05) is 19.2 Å². The van der Waals surface area contributed by atoms with Crippen LogP contribution in [0.3, 0.4) is 0 Å². The molecule has 1 saturated heterocycles. The summed E-state index contributed by atoms with van der Waals surface area (Å²) < 4.78 is 38.4. The van der Waals surface area contributed by atoms with Crippen LogP contribution in [0.4, 0.5) is 0 Å². The Morgan fingerprint density at radius 1 is 1.17 bits per heavy atom. The van der Waals surface area contributed by atoms with Crippen molar-refractivity contribution in [1.82, 2.24) is 9.62 Å². The van der Waals surface area contributed by atoms with Crippen LogP contribution >= 0.6 is 0 Å². The van der Waals surface area contributed by atoms with E-state index in [-0.39, 0.29) is 10.8 Å². The van der Waals surface area contributed by atoms with Gasteiger partial charge in [-0.15, -0.1) is 0 Å². The van der Waals surface area contributed by atoms with Crippen LogP contribution in [0.5, 0.6) is 11.5 Å². The van der Waals surface area contributed by atoms with Crippen molar-refractivity contribution >= 4 is 10.0 Å². The fraction of sp³-hybridized carbons (Fsp3) is 0.625. The van der Waals surface area contributed by atoms with E-state index in [1.807, 2.05) is 0 Å². The van der Waals surface area contributed by atoms with Crippen LogP contribution in [0.1, 0.15) is 19.8 Å². The summed E-state index contributed by atoms with van der Waals surface area (Å²) in [4.78, 5) is 2.61. The maximum Gasteiger partial charge on any atom is 0.240 e. The summed E-state index contributed by atoms with van der Waals surface area (Å²) in [6.45, 7) is 6.63. The van der Waals surface area contributed by atoms with Crippen molar-refractivity contribution < 1.29 is 17.9 Å². The van der Waals surface area contributed by atoms with E-state index in [1.165, 1.54) is 18.9 Å². The third kappa shape index (κ3) is 4.16. The molecule has 0 spiro atoms. The Balaban J connectivity index is 1.60. The molecule has 0 amide bonds. The predicted octanol–water partition coefficient (Wildman–Crippen LogP) is 1.47. The molecule has 1 atom stereocenters. The first kappa shape index (κ1) is 16.5. The van der Waals surface area contributed by atoms with Crippen molar-refractivity contribution in [1.29, 1.82) is 0 Å². The average Bonchev–Trinajstić information content (AvgIpc) is 3.05. The van der Waals surface area contributed by atoms with Crippen molar-refractivity contribution in [3.63, 3.8) is 0 Å². The lowest BCUT2D eigenvalue weighted by atomic mass is 10.2. The molecule has 2 aliphatic heterocycles. The van der Waals surface area contributed by atoms with Gasteiger partial charge in [0.1, 0.15) is 13.2 Å². The number of likely N-dealkylation sites (tertiary alicyclic amines) is 1. The SMILES string of the molecule is CC(CNS(=O)(=O)c1ccc2c(c1)OCCO2)CN1CCCC1. The third-order valence-corrected chi connectivity index (χ3v) is 5.64. The standard InChI is InChI=1S/C16H24N2O4S/c1-13(12-18-6-2-3-7-18)11-17-23(19,20)14-4-5-15-16(10-14)22-9-8-21-15/h4-5,10,13,17H,2-3,6-9,11-12H2,1H3. The minimum absolute atomic E-state index is 0.218. The van der Waals surface area contributed by atoms with Gasteiger partial charge in [0.05, 0.1) is 4.90 Å². The molecule has 1 unspecified atom stereocenters. The fourth-order valence-electron chi connectivity index (χ4n) is 3.00. The Hall–Kier alpha value is -1.31. The highest BCUT2D eigenvalue weighted by Gasteiger charge is 2.21. The van der Waals surface area contributed by atoms with E-state index in [0.29, 0.717) is 31.3 Å². The maximum atomic E-state index is 12.4. The molecule has 0 bridgehead atoms. The van der Waals surface area contributed by atoms with E-state index >= 15 is 0 Å². The lowest BCUT2D eigenvalue weighted by Crippen LogP contribution is -2.34. The van der Waals surface area contributed by atoms with Gasteiger partial charge in [-0.25, -0.2) is 13.1 Å². The zero-order valence-corrected chi connectivity index (χ0v) is 14.3. The maximum absolute atomic E-state index is 12.4. The van der Waals surface area contributed by atoms with E-state index in [4.69, 9.17) is 9.47 Å². The van der Waals surface area contributed by atoms with Crippen molar-refractivity contribution in [2.45, 2.75) is 24.7 Å². The quantitative estimate of drug-likeness (QED) is 0.849. The topological polar surface area (TPSA) is 67.9 Å². The summed E-state index contributed by atoms with van der Waals surface area (Å²) in [5.74, 6) is 1.36. The van der Waals surface area contributed by atoms with Crippen LogP contribution in [-0.2, 0) is 10.0 Å². The number of sulfonamides is 1. The van der Waals surface area contributed by atoms with Crippen molar-refractivity contribution in [3.8, 4) is 11.5 Å². The van der Waals surface area contributed by atoms with E-state index in [9.17, 15) is 8.42 Å². The predicted molar refractivity (Wildman–Crippen MR) is 87.5 cm³/mol. The van der Waals surface area contributed by atoms with Gasteiger partial charge in [0.15, 0.2) is 11.5 Å². The molecule has 0 aliphatic carbocycles. The lowest BCUT2D eigenvalue weighted by molar-refractivity contribution is 0.171. The van der Waals surface area contributed by atoms with Gasteiger partial charge in [-0.2, -0.15) is 0 Å². The number of hydrogen-bond acceptors (Lipinski definition) is 5. The van der Waals surface area contributed by atoms with Gasteiger partial charge in [0.25, 0.3) is 0 Å². The second-order valence-electron chi connectivity index (χ2n) is 6.27. The largest absolute Gasteiger partial charge is 0.486 e. The molecule has 1 N–H and O–H groups in total. The van der Waals surface area contributed by atoms with Crippen LogP contribution in [0.25, 0.3) is 0 Å². The first-order chi connectivity index (χ1) is 11.0. The Labute approximate surface area is 137 Å². The van der Waals surface area contributed by atoms with E-state index in [1.54, 1.807) is 12.1 Å². The number of rotatable bonds is 6. The summed E-state index contributed by atoms with van der Waals surface area (Å²) in [5.41, 5.74) is 0. The number of nitrogens with one attached hydrogen (secondary N) is 1. The molecule has 0 saturated carbocycles. The second kappa shape index (κ2) is 7.07. The molecule has 1 fully saturated rings. The highest BCUT2D eigenvalue weighted by Crippen LogP contribution is 2.32. The summed E-state index contributed by atoms with van der Waals surface area (Å²) in [6.07, 6.45) is 2.49. The molecular weight excluding hydrogens is 316 g/mol. The lowest BCUT2D eigenvalue weighted by Gasteiger charge is -2.21. The van der Waals surface area contributed by atoms with Crippen molar-refractivity contribution in [2.24, 2.45) is 5.92 Å². The molecule has 7 heteroatoms. The van der Waals surface area contributed by atoms with E-state index in [0.717, 1.165) is 19.6 Å². The molecule has 1 aromatic carbocycles. The first-order valence-corrected chi connectivity index (χ1v) is 9.64. The Morgan fingerprint density at radius 3 is 2.61 bits per heavy atom. The number of fused-ring (bicyclic) bond motifs is 1. The molecule has 1 aromatic rings. The summed E-state index contributed by atoms with van der Waals surface area (Å²) >= 11 is 0. The normalized spacial score (nSPS) is 19.7. The van der Waals surface area contributed by atoms with E-state index in [2.05, 4.69) is 16.5 Å². The molecule has 128 valence electrons. The minimum Gasteiger partial charge on any atom is -0.486 e. The van der Waals surface area contributed by atoms with Crippen molar-refractivity contribution in [2.75, 3.05) is 39.4 Å². The molecule has 3 rings (SSSR count). The Morgan fingerprint density at radius 2 is 1.87 bits per heavy atom. The van der Waals surface area contributed by atoms with Crippen LogP contribution in [0.2, 0.25) is 0 Å². The van der Waals surface area contributed by atoms with Crippen LogP contribution in [0, 0.1) is 5.92 Å². The minimum atomic E-state index is -3.53. The van der Waals surface area contributed by atoms with Gasteiger partial charge < -0.3 is 14.4 Å². The molecule has 0 radical (unpaired) electrons. The number of hydrogen-bond donors (Lipinski definition) is 1. The average molecular weight is 340 g/mol. The Bertz CT molecular complexity index is 641. The number of ether oxygens (including phenoxy) is 2. The van der Waals surface area contributed by atoms with Gasteiger partial charge in [-0.1, -0.05) is 6.92 Å². The molecule has 6 nitrogen and oxygen atoms in total. The smallest absolute Gasteiger partial charge is 0.240 e. The number of benzene rings is 1. The summed E-state index contributed by atoms with van der Waals surface area (Å²) in [5, 5.41) is 0. The van der Waals surface area contributed by atoms with Crippen LogP contribution < -0.4 is 14.2 Å². The van der Waals surface area contributed by atoms with Crippen LogP contribution in [0.15, 0.2) is 23.1 Å². The highest BCUT2D eigenvalue weighted by molar-refractivity contribution is 7.89.